The van der Waals surface area contributed by atoms with Crippen LogP contribution in [0.2, 0.25) is 0 Å². The van der Waals surface area contributed by atoms with Gasteiger partial charge in [-0.1, -0.05) is 30.3 Å². The summed E-state index contributed by atoms with van der Waals surface area (Å²) in [6.45, 7) is 1.92. The molecule has 1 aliphatic rings. The molecule has 3 rings (SSSR count). The first kappa shape index (κ1) is 21.4. The van der Waals surface area contributed by atoms with Crippen molar-refractivity contribution < 1.29 is 4.79 Å². The topological polar surface area (TPSA) is 70.2 Å². The number of thioether (sulfide) groups is 1. The van der Waals surface area contributed by atoms with Gasteiger partial charge in [-0.15, -0.1) is 11.8 Å². The Kier molecular flexibility index (Phi) is 7.75. The molecule has 1 aromatic carbocycles. The van der Waals surface area contributed by atoms with Crippen molar-refractivity contribution in [2.45, 2.75) is 50.4 Å². The fourth-order valence-corrected chi connectivity index (χ4v) is 4.35. The molecule has 156 valence electrons. The number of aryl methyl sites for hydroxylation is 1. The molecule has 0 saturated heterocycles. The van der Waals surface area contributed by atoms with Crippen LogP contribution in [0.3, 0.4) is 0 Å². The average molecular weight is 414 g/mol. The third-order valence-corrected chi connectivity index (χ3v) is 6.08. The summed E-state index contributed by atoms with van der Waals surface area (Å²) >= 11 is 1.67. The minimum absolute atomic E-state index is 0.143. The number of hydrogen-bond acceptors (Lipinski definition) is 6. The van der Waals surface area contributed by atoms with Gasteiger partial charge in [0.2, 0.25) is 5.91 Å². The number of carbonyl (C=O) groups excluding carboxylic acids is 1. The summed E-state index contributed by atoms with van der Waals surface area (Å²) in [6.07, 6.45) is 4.06. The van der Waals surface area contributed by atoms with E-state index in [2.05, 4.69) is 32.7 Å². The number of aromatic nitrogens is 2. The van der Waals surface area contributed by atoms with Crippen molar-refractivity contribution in [2.75, 3.05) is 30.1 Å². The van der Waals surface area contributed by atoms with Crippen LogP contribution in [-0.4, -0.2) is 47.8 Å². The first-order valence-corrected chi connectivity index (χ1v) is 11.4. The van der Waals surface area contributed by atoms with E-state index in [1.165, 1.54) is 5.56 Å². The number of rotatable bonds is 8. The number of hydrogen-bond donors (Lipinski definition) is 2. The van der Waals surface area contributed by atoms with E-state index in [4.69, 9.17) is 0 Å². The summed E-state index contributed by atoms with van der Waals surface area (Å²) < 4.78 is 0. The first-order valence-electron chi connectivity index (χ1n) is 10.2. The minimum atomic E-state index is 0.143. The number of anilines is 2. The van der Waals surface area contributed by atoms with E-state index >= 15 is 0 Å². The van der Waals surface area contributed by atoms with Crippen LogP contribution in [-0.2, 0) is 10.5 Å². The Morgan fingerprint density at radius 2 is 1.79 bits per heavy atom. The smallest absolute Gasteiger partial charge is 0.230 e. The van der Waals surface area contributed by atoms with Crippen LogP contribution >= 0.6 is 11.8 Å². The molecule has 0 bridgehead atoms. The van der Waals surface area contributed by atoms with Crippen LogP contribution in [0.15, 0.2) is 36.4 Å². The maximum atomic E-state index is 12.2. The molecule has 29 heavy (non-hydrogen) atoms. The Hall–Kier alpha value is -2.28. The summed E-state index contributed by atoms with van der Waals surface area (Å²) in [4.78, 5) is 23.2. The van der Waals surface area contributed by atoms with Gasteiger partial charge in [0.05, 0.1) is 5.75 Å². The van der Waals surface area contributed by atoms with Gasteiger partial charge in [0.1, 0.15) is 17.5 Å². The van der Waals surface area contributed by atoms with Crippen LogP contribution in [0.4, 0.5) is 11.6 Å². The lowest BCUT2D eigenvalue weighted by molar-refractivity contribution is -0.119. The molecule has 0 aliphatic heterocycles. The van der Waals surface area contributed by atoms with Crippen LogP contribution in [0, 0.1) is 6.92 Å². The minimum Gasteiger partial charge on any atom is -0.367 e. The molecule has 6 nitrogen and oxygen atoms in total. The van der Waals surface area contributed by atoms with Gasteiger partial charge in [0, 0.05) is 38.0 Å². The van der Waals surface area contributed by atoms with Crippen molar-refractivity contribution in [3.05, 3.63) is 47.8 Å². The highest BCUT2D eigenvalue weighted by Crippen LogP contribution is 2.23. The van der Waals surface area contributed by atoms with E-state index in [1.807, 2.05) is 50.2 Å². The van der Waals surface area contributed by atoms with Gasteiger partial charge >= 0.3 is 0 Å². The fraction of sp³-hybridized carbons (Fsp3) is 0.500. The van der Waals surface area contributed by atoms with Gasteiger partial charge in [-0.25, -0.2) is 9.97 Å². The van der Waals surface area contributed by atoms with E-state index in [0.29, 0.717) is 11.8 Å². The molecule has 1 heterocycles. The van der Waals surface area contributed by atoms with Crippen molar-refractivity contribution in [2.24, 2.45) is 0 Å². The molecule has 0 radical (unpaired) electrons. The number of nitrogens with one attached hydrogen (secondary N) is 2. The predicted molar refractivity (Wildman–Crippen MR) is 122 cm³/mol. The molecule has 1 aromatic heterocycles. The van der Waals surface area contributed by atoms with Crippen LogP contribution in [0.1, 0.15) is 37.1 Å². The summed E-state index contributed by atoms with van der Waals surface area (Å²) in [5, 5.41) is 6.75. The maximum absolute atomic E-state index is 12.2. The van der Waals surface area contributed by atoms with Crippen molar-refractivity contribution in [3.63, 3.8) is 0 Å². The molecule has 1 saturated carbocycles. The fourth-order valence-electron chi connectivity index (χ4n) is 3.55. The number of benzene rings is 1. The van der Waals surface area contributed by atoms with Crippen molar-refractivity contribution in [1.82, 2.24) is 15.3 Å². The third-order valence-electron chi connectivity index (χ3n) is 5.07. The van der Waals surface area contributed by atoms with Crippen LogP contribution < -0.4 is 15.5 Å². The number of carbonyl (C=O) groups is 1. The summed E-state index contributed by atoms with van der Waals surface area (Å²) in [5.74, 6) is 4.09. The van der Waals surface area contributed by atoms with E-state index in [0.717, 1.165) is 48.9 Å². The van der Waals surface area contributed by atoms with E-state index in [-0.39, 0.29) is 11.9 Å². The number of nitrogens with zero attached hydrogens (tertiary/aromatic N) is 3. The largest absolute Gasteiger partial charge is 0.367 e. The van der Waals surface area contributed by atoms with Gasteiger partial charge in [-0.05, 0) is 38.2 Å². The second-order valence-electron chi connectivity index (χ2n) is 7.79. The normalized spacial score (nSPS) is 18.9. The highest BCUT2D eigenvalue weighted by molar-refractivity contribution is 7.99. The van der Waals surface area contributed by atoms with Gasteiger partial charge in [0.25, 0.3) is 0 Å². The molecule has 1 aliphatic carbocycles. The Bertz CT molecular complexity index is 791. The highest BCUT2D eigenvalue weighted by atomic mass is 32.2. The second-order valence-corrected chi connectivity index (χ2v) is 8.78. The van der Waals surface area contributed by atoms with Gasteiger partial charge in [0.15, 0.2) is 0 Å². The summed E-state index contributed by atoms with van der Waals surface area (Å²) in [7, 11) is 3.97. The molecular formula is C22H31N5OS. The maximum Gasteiger partial charge on any atom is 0.230 e. The molecule has 2 N–H and O–H groups in total. The Morgan fingerprint density at radius 1 is 1.10 bits per heavy atom. The average Bonchev–Trinajstić information content (AvgIpc) is 2.70. The molecule has 1 amide bonds. The Labute approximate surface area is 177 Å². The zero-order valence-corrected chi connectivity index (χ0v) is 18.3. The van der Waals surface area contributed by atoms with Gasteiger partial charge in [-0.3, -0.25) is 4.79 Å². The Balaban J connectivity index is 1.38. The van der Waals surface area contributed by atoms with E-state index in [1.54, 1.807) is 11.8 Å². The predicted octanol–water partition coefficient (Wildman–Crippen LogP) is 3.62. The van der Waals surface area contributed by atoms with Gasteiger partial charge < -0.3 is 15.5 Å². The van der Waals surface area contributed by atoms with Gasteiger partial charge in [-0.2, -0.15) is 0 Å². The first-order chi connectivity index (χ1) is 14.0. The second kappa shape index (κ2) is 10.5. The highest BCUT2D eigenvalue weighted by Gasteiger charge is 2.22. The van der Waals surface area contributed by atoms with Crippen molar-refractivity contribution in [1.29, 1.82) is 0 Å². The Morgan fingerprint density at radius 3 is 2.48 bits per heavy atom. The quantitative estimate of drug-likeness (QED) is 0.689. The van der Waals surface area contributed by atoms with E-state index in [9.17, 15) is 4.79 Å². The molecule has 7 heteroatoms. The SMILES string of the molecule is Cc1nc(NC2CCC(NC(=O)CSCc3ccccc3)CC2)cc(N(C)C)n1. The zero-order chi connectivity index (χ0) is 20.6. The third kappa shape index (κ3) is 6.92. The van der Waals surface area contributed by atoms with Crippen LogP contribution in [0.5, 0.6) is 0 Å². The molecule has 1 fully saturated rings. The molecule has 2 aromatic rings. The monoisotopic (exact) mass is 413 g/mol. The summed E-state index contributed by atoms with van der Waals surface area (Å²) in [6, 6.07) is 12.9. The molecule has 0 spiro atoms. The van der Waals surface area contributed by atoms with E-state index < -0.39 is 0 Å². The van der Waals surface area contributed by atoms with Crippen LogP contribution in [0.25, 0.3) is 0 Å². The molecule has 0 unspecified atom stereocenters. The number of amides is 1. The lowest BCUT2D eigenvalue weighted by Crippen LogP contribution is -2.41. The molecule has 0 atom stereocenters. The standard InChI is InChI=1S/C22H31N5OS/c1-16-23-20(13-21(24-16)27(2)3)25-18-9-11-19(12-10-18)26-22(28)15-29-14-17-7-5-4-6-8-17/h4-8,13,18-19H,9-12,14-15H2,1-3H3,(H,26,28)(H,23,24,25). The lowest BCUT2D eigenvalue weighted by atomic mass is 9.91. The van der Waals surface area contributed by atoms with Crippen molar-refractivity contribution >= 4 is 29.3 Å². The lowest BCUT2D eigenvalue weighted by Gasteiger charge is -2.30. The summed E-state index contributed by atoms with van der Waals surface area (Å²) in [5.41, 5.74) is 1.26. The van der Waals surface area contributed by atoms with Crippen molar-refractivity contribution in [3.8, 4) is 0 Å². The zero-order valence-electron chi connectivity index (χ0n) is 17.5. The molecular weight excluding hydrogens is 382 g/mol.